The smallest absolute Gasteiger partial charge is 0.419 e. The first-order chi connectivity index (χ1) is 22.2. The second-order valence-electron chi connectivity index (χ2n) is 11.5. The Kier molecular flexibility index (Phi) is 5.41. The topological polar surface area (TPSA) is 59.8 Å². The van der Waals surface area contributed by atoms with Gasteiger partial charge in [0.05, 0.1) is 27.6 Å². The molecule has 45 heavy (non-hydrogen) atoms. The Morgan fingerprint density at radius 2 is 1.22 bits per heavy atom. The molecular formula is C40H25NO4. The standard InChI is InChI=1S/C40H25NO4/c42-38-27-15-5-11-21-36(27)45-37-23-28-26-14-4-6-16-30(26)40(33(28)22-29(37)38)31-17-7-9-19-34(31)41(35-20-10-8-18-32(35)40)39(43)44-24-25-12-2-1-3-13-25/h1-23H,24H2. The van der Waals surface area contributed by atoms with E-state index in [0.29, 0.717) is 21.9 Å². The molecule has 1 amide bonds. The molecule has 2 heterocycles. The highest BCUT2D eigenvalue weighted by Gasteiger charge is 2.52. The Morgan fingerprint density at radius 1 is 0.600 bits per heavy atom. The van der Waals surface area contributed by atoms with Gasteiger partial charge in [0.1, 0.15) is 17.8 Å². The molecule has 9 rings (SSSR count). The maximum atomic E-state index is 14.0. The van der Waals surface area contributed by atoms with E-state index in [1.165, 1.54) is 0 Å². The summed E-state index contributed by atoms with van der Waals surface area (Å²) in [7, 11) is 0. The van der Waals surface area contributed by atoms with Crippen molar-refractivity contribution < 1.29 is 13.9 Å². The highest BCUT2D eigenvalue weighted by molar-refractivity contribution is 6.05. The lowest BCUT2D eigenvalue weighted by Crippen LogP contribution is -2.40. The van der Waals surface area contributed by atoms with E-state index >= 15 is 0 Å². The lowest BCUT2D eigenvalue weighted by Gasteiger charge is -2.43. The van der Waals surface area contributed by atoms with Gasteiger partial charge < -0.3 is 9.15 Å². The number of anilines is 2. The number of hydrogen-bond acceptors (Lipinski definition) is 4. The summed E-state index contributed by atoms with van der Waals surface area (Å²) < 4.78 is 12.2. The normalized spacial score (nSPS) is 13.7. The summed E-state index contributed by atoms with van der Waals surface area (Å²) in [5.41, 5.74) is 8.67. The second kappa shape index (κ2) is 9.53. The van der Waals surface area contributed by atoms with E-state index in [4.69, 9.17) is 9.15 Å². The third kappa shape index (κ3) is 3.49. The minimum Gasteiger partial charge on any atom is -0.456 e. The molecule has 0 N–H and O–H groups in total. The second-order valence-corrected chi connectivity index (χ2v) is 11.5. The monoisotopic (exact) mass is 583 g/mol. The Labute approximate surface area is 258 Å². The van der Waals surface area contributed by atoms with Crippen molar-refractivity contribution in [2.75, 3.05) is 4.90 Å². The zero-order valence-corrected chi connectivity index (χ0v) is 24.1. The number of benzene rings is 6. The van der Waals surface area contributed by atoms with Crippen molar-refractivity contribution in [3.05, 3.63) is 178 Å². The van der Waals surface area contributed by atoms with Crippen LogP contribution < -0.4 is 10.3 Å². The van der Waals surface area contributed by atoms with Crippen LogP contribution in [-0.4, -0.2) is 6.09 Å². The van der Waals surface area contributed by atoms with Gasteiger partial charge in [0.25, 0.3) is 0 Å². The lowest BCUT2D eigenvalue weighted by atomic mass is 9.64. The lowest BCUT2D eigenvalue weighted by molar-refractivity contribution is 0.149. The largest absolute Gasteiger partial charge is 0.456 e. The summed E-state index contributed by atoms with van der Waals surface area (Å²) in [6.45, 7) is 0.160. The molecule has 0 unspecified atom stereocenters. The predicted octanol–water partition coefficient (Wildman–Crippen LogP) is 9.10. The molecule has 5 nitrogen and oxygen atoms in total. The zero-order valence-electron chi connectivity index (χ0n) is 24.1. The fourth-order valence-electron chi connectivity index (χ4n) is 7.38. The van der Waals surface area contributed by atoms with E-state index in [-0.39, 0.29) is 12.0 Å². The average molecular weight is 584 g/mol. The molecule has 0 atom stereocenters. The van der Waals surface area contributed by atoms with Crippen molar-refractivity contribution in [1.29, 1.82) is 0 Å². The number of ether oxygens (including phenoxy) is 1. The fourth-order valence-corrected chi connectivity index (χ4v) is 7.38. The third-order valence-corrected chi connectivity index (χ3v) is 9.23. The van der Waals surface area contributed by atoms with E-state index < -0.39 is 11.5 Å². The van der Waals surface area contributed by atoms with Crippen LogP contribution in [0.5, 0.6) is 0 Å². The molecule has 0 saturated carbocycles. The summed E-state index contributed by atoms with van der Waals surface area (Å²) in [5, 5.41) is 1.07. The summed E-state index contributed by atoms with van der Waals surface area (Å²) in [5.74, 6) is 0. The third-order valence-electron chi connectivity index (χ3n) is 9.23. The van der Waals surface area contributed by atoms with E-state index in [1.54, 1.807) is 4.90 Å². The highest BCUT2D eigenvalue weighted by Crippen LogP contribution is 2.62. The van der Waals surface area contributed by atoms with Gasteiger partial charge in [-0.05, 0) is 75.3 Å². The molecule has 7 aromatic rings. The number of rotatable bonds is 2. The molecule has 0 saturated heterocycles. The quantitative estimate of drug-likeness (QED) is 0.191. The minimum absolute atomic E-state index is 0.0655. The number of carbonyl (C=O) groups is 1. The molecule has 0 bridgehead atoms. The van der Waals surface area contributed by atoms with Crippen molar-refractivity contribution >= 4 is 39.4 Å². The number of para-hydroxylation sites is 3. The van der Waals surface area contributed by atoms with E-state index in [0.717, 1.165) is 50.3 Å². The molecular weight excluding hydrogens is 558 g/mol. The maximum absolute atomic E-state index is 14.0. The van der Waals surface area contributed by atoms with Crippen molar-refractivity contribution in [3.8, 4) is 11.1 Å². The Hall–Kier alpha value is -5.94. The molecule has 1 aliphatic heterocycles. The van der Waals surface area contributed by atoms with Crippen LogP contribution in [0.2, 0.25) is 0 Å². The van der Waals surface area contributed by atoms with Gasteiger partial charge in [-0.3, -0.25) is 4.79 Å². The van der Waals surface area contributed by atoms with Gasteiger partial charge in [-0.15, -0.1) is 0 Å². The fraction of sp³-hybridized carbons (Fsp3) is 0.0500. The van der Waals surface area contributed by atoms with E-state index in [1.807, 2.05) is 109 Å². The van der Waals surface area contributed by atoms with E-state index in [9.17, 15) is 9.59 Å². The van der Waals surface area contributed by atoms with Gasteiger partial charge in [-0.25, -0.2) is 9.69 Å². The first kappa shape index (κ1) is 25.5. The van der Waals surface area contributed by atoms with E-state index in [2.05, 4.69) is 30.3 Å². The molecule has 5 heteroatoms. The molecule has 214 valence electrons. The van der Waals surface area contributed by atoms with Gasteiger partial charge in [-0.2, -0.15) is 0 Å². The van der Waals surface area contributed by atoms with Crippen molar-refractivity contribution in [2.45, 2.75) is 12.0 Å². The number of nitrogens with zero attached hydrogens (tertiary/aromatic N) is 1. The van der Waals surface area contributed by atoms with Crippen LogP contribution in [0.1, 0.15) is 27.8 Å². The Morgan fingerprint density at radius 3 is 1.98 bits per heavy atom. The first-order valence-electron chi connectivity index (χ1n) is 15.0. The van der Waals surface area contributed by atoms with Crippen molar-refractivity contribution in [3.63, 3.8) is 0 Å². The number of fused-ring (bicyclic) bond motifs is 11. The van der Waals surface area contributed by atoms with Crippen LogP contribution in [0.3, 0.4) is 0 Å². The highest BCUT2D eigenvalue weighted by atomic mass is 16.6. The summed E-state index contributed by atoms with van der Waals surface area (Å²) in [6.07, 6.45) is -0.453. The zero-order chi connectivity index (χ0) is 30.1. The average Bonchev–Trinajstić information content (AvgIpc) is 3.37. The molecule has 1 aromatic heterocycles. The molecule has 2 aliphatic rings. The molecule has 1 spiro atoms. The van der Waals surface area contributed by atoms with Crippen LogP contribution in [0.25, 0.3) is 33.1 Å². The van der Waals surface area contributed by atoms with Crippen LogP contribution >= 0.6 is 0 Å². The number of hydrogen-bond donors (Lipinski definition) is 0. The van der Waals surface area contributed by atoms with Crippen LogP contribution in [-0.2, 0) is 16.8 Å². The number of amides is 1. The van der Waals surface area contributed by atoms with Gasteiger partial charge in [-0.1, -0.05) is 103 Å². The Bertz CT molecular complexity index is 2340. The molecule has 1 aliphatic carbocycles. The van der Waals surface area contributed by atoms with Crippen LogP contribution in [0, 0.1) is 0 Å². The minimum atomic E-state index is -0.790. The van der Waals surface area contributed by atoms with Crippen LogP contribution in [0.4, 0.5) is 16.2 Å². The van der Waals surface area contributed by atoms with Crippen molar-refractivity contribution in [1.82, 2.24) is 0 Å². The SMILES string of the molecule is O=C(OCc1ccccc1)N1c2ccccc2C2(c3ccccc3-c3cc4oc5ccccc5c(=O)c4cc32)c2ccccc21. The maximum Gasteiger partial charge on any atom is 0.419 e. The van der Waals surface area contributed by atoms with Gasteiger partial charge in [0.15, 0.2) is 0 Å². The first-order valence-corrected chi connectivity index (χ1v) is 15.0. The Balaban J connectivity index is 1.33. The van der Waals surface area contributed by atoms with Gasteiger partial charge >= 0.3 is 6.09 Å². The van der Waals surface area contributed by atoms with Crippen LogP contribution in [0.15, 0.2) is 149 Å². The molecule has 0 radical (unpaired) electrons. The van der Waals surface area contributed by atoms with Gasteiger partial charge in [0, 0.05) is 0 Å². The summed E-state index contributed by atoms with van der Waals surface area (Å²) >= 11 is 0. The molecule has 0 fully saturated rings. The summed E-state index contributed by atoms with van der Waals surface area (Å²) in [6, 6.07) is 45.5. The summed E-state index contributed by atoms with van der Waals surface area (Å²) in [4.78, 5) is 29.6. The predicted molar refractivity (Wildman–Crippen MR) is 176 cm³/mol. The number of carbonyl (C=O) groups excluding carboxylic acids is 1. The molecule has 6 aromatic carbocycles. The van der Waals surface area contributed by atoms with Gasteiger partial charge in [0.2, 0.25) is 5.43 Å². The van der Waals surface area contributed by atoms with Crippen molar-refractivity contribution in [2.24, 2.45) is 0 Å².